The van der Waals surface area contributed by atoms with Gasteiger partial charge in [-0.2, -0.15) is 23.5 Å². The third kappa shape index (κ3) is 4.45. The van der Waals surface area contributed by atoms with Crippen LogP contribution in [0.3, 0.4) is 0 Å². The topological polar surface area (TPSA) is 65.2 Å². The fourth-order valence-corrected chi connectivity index (χ4v) is 3.71. The van der Waals surface area contributed by atoms with Gasteiger partial charge in [0.2, 0.25) is 0 Å². The van der Waals surface area contributed by atoms with Crippen LogP contribution in [0.5, 0.6) is 0 Å². The predicted octanol–water partition coefficient (Wildman–Crippen LogP) is 3.85. The first kappa shape index (κ1) is 22.1. The Balaban J connectivity index is 1.85. The van der Waals surface area contributed by atoms with E-state index in [-0.39, 0.29) is 30.7 Å². The number of benzene rings is 1. The molecule has 1 amide bonds. The summed E-state index contributed by atoms with van der Waals surface area (Å²) in [6.45, 7) is 5.21. The van der Waals surface area contributed by atoms with Crippen LogP contribution in [-0.2, 0) is 6.18 Å². The zero-order valence-electron chi connectivity index (χ0n) is 16.5. The van der Waals surface area contributed by atoms with E-state index < -0.39 is 23.3 Å². The van der Waals surface area contributed by atoms with E-state index in [1.807, 2.05) is 18.7 Å². The number of carbonyl (C=O) groups is 1. The number of halogens is 4. The molecule has 1 aromatic heterocycles. The average molecular weight is 440 g/mol. The van der Waals surface area contributed by atoms with Crippen LogP contribution in [-0.4, -0.2) is 57.7 Å². The molecule has 1 aliphatic rings. The molecular weight excluding hydrogens is 419 g/mol. The van der Waals surface area contributed by atoms with Gasteiger partial charge in [0.25, 0.3) is 5.91 Å². The number of carbonyl (C=O) groups excluding carboxylic acids is 1. The quantitative estimate of drug-likeness (QED) is 0.725. The molecule has 30 heavy (non-hydrogen) atoms. The molecule has 2 aromatic rings. The molecule has 0 N–H and O–H groups in total. The summed E-state index contributed by atoms with van der Waals surface area (Å²) < 4.78 is 42.2. The van der Waals surface area contributed by atoms with Gasteiger partial charge in [-0.15, -0.1) is 0 Å². The molecule has 2 heterocycles. The summed E-state index contributed by atoms with van der Waals surface area (Å²) >= 11 is 5.81. The van der Waals surface area contributed by atoms with E-state index in [1.54, 1.807) is 0 Å². The first-order chi connectivity index (χ1) is 14.1. The van der Waals surface area contributed by atoms with Crippen molar-refractivity contribution >= 4 is 17.5 Å². The molecular formula is C20H21ClF3N5O. The standard InChI is InChI=1S/C20H21ClF3N5O/c1-13(2)17(11-25)27-7-9-28(10-8-27)19(30)16-12-26-29(18(16)20(22,23)24)15-5-3-14(21)4-6-15/h3-6,12-13,17H,7-10H2,1-2H3. The lowest BCUT2D eigenvalue weighted by atomic mass is 10.0. The van der Waals surface area contributed by atoms with Crippen LogP contribution < -0.4 is 0 Å². The number of hydrogen-bond acceptors (Lipinski definition) is 4. The van der Waals surface area contributed by atoms with Crippen molar-refractivity contribution in [2.24, 2.45) is 5.92 Å². The highest BCUT2D eigenvalue weighted by atomic mass is 35.5. The van der Waals surface area contributed by atoms with Gasteiger partial charge < -0.3 is 4.90 Å². The lowest BCUT2D eigenvalue weighted by Crippen LogP contribution is -2.53. The van der Waals surface area contributed by atoms with Gasteiger partial charge in [0.05, 0.1) is 23.5 Å². The molecule has 0 bridgehead atoms. The minimum absolute atomic E-state index is 0.117. The maximum atomic E-state index is 13.8. The van der Waals surface area contributed by atoms with E-state index in [4.69, 9.17) is 11.6 Å². The zero-order valence-corrected chi connectivity index (χ0v) is 17.3. The molecule has 3 rings (SSSR count). The van der Waals surface area contributed by atoms with Crippen molar-refractivity contribution in [2.45, 2.75) is 26.1 Å². The van der Waals surface area contributed by atoms with Gasteiger partial charge in [-0.25, -0.2) is 4.68 Å². The van der Waals surface area contributed by atoms with Crippen LogP contribution in [0, 0.1) is 17.2 Å². The second-order valence-corrected chi connectivity index (χ2v) is 7.88. The minimum atomic E-state index is -4.77. The van der Waals surface area contributed by atoms with Crippen molar-refractivity contribution in [3.63, 3.8) is 0 Å². The monoisotopic (exact) mass is 439 g/mol. The van der Waals surface area contributed by atoms with E-state index in [0.29, 0.717) is 22.8 Å². The fourth-order valence-electron chi connectivity index (χ4n) is 3.58. The number of piperazine rings is 1. The smallest absolute Gasteiger partial charge is 0.336 e. The third-order valence-corrected chi connectivity index (χ3v) is 5.35. The normalized spacial score (nSPS) is 16.5. The molecule has 0 aliphatic carbocycles. The minimum Gasteiger partial charge on any atom is -0.336 e. The van der Waals surface area contributed by atoms with Gasteiger partial charge in [0, 0.05) is 31.2 Å². The molecule has 1 atom stereocenters. The first-order valence-corrected chi connectivity index (χ1v) is 9.85. The Morgan fingerprint density at radius 2 is 1.77 bits per heavy atom. The van der Waals surface area contributed by atoms with Gasteiger partial charge in [0.15, 0.2) is 5.69 Å². The molecule has 10 heteroatoms. The molecule has 0 saturated carbocycles. The number of nitriles is 1. The summed E-state index contributed by atoms with van der Waals surface area (Å²) in [5, 5.41) is 13.6. The molecule has 160 valence electrons. The van der Waals surface area contributed by atoms with Crippen LogP contribution in [0.2, 0.25) is 5.02 Å². The highest BCUT2D eigenvalue weighted by Gasteiger charge is 2.42. The third-order valence-electron chi connectivity index (χ3n) is 5.10. The van der Waals surface area contributed by atoms with E-state index in [0.717, 1.165) is 6.20 Å². The van der Waals surface area contributed by atoms with Gasteiger partial charge in [0.1, 0.15) is 6.04 Å². The number of nitrogens with zero attached hydrogens (tertiary/aromatic N) is 5. The average Bonchev–Trinajstić information content (AvgIpc) is 3.14. The molecule has 6 nitrogen and oxygen atoms in total. The molecule has 1 unspecified atom stereocenters. The Morgan fingerprint density at radius 3 is 2.27 bits per heavy atom. The second-order valence-electron chi connectivity index (χ2n) is 7.44. The SMILES string of the molecule is CC(C)C(C#N)N1CCN(C(=O)c2cnn(-c3ccc(Cl)cc3)c2C(F)(F)F)CC1. The number of aromatic nitrogens is 2. The lowest BCUT2D eigenvalue weighted by Gasteiger charge is -2.38. The highest BCUT2D eigenvalue weighted by Crippen LogP contribution is 2.34. The Hall–Kier alpha value is -2.57. The Kier molecular flexibility index (Phi) is 6.38. The molecule has 1 fully saturated rings. The Bertz CT molecular complexity index is 941. The van der Waals surface area contributed by atoms with Crippen molar-refractivity contribution in [1.82, 2.24) is 19.6 Å². The Labute approximate surface area is 177 Å². The maximum Gasteiger partial charge on any atom is 0.434 e. The van der Waals surface area contributed by atoms with Crippen molar-refractivity contribution < 1.29 is 18.0 Å². The zero-order chi connectivity index (χ0) is 22.1. The van der Waals surface area contributed by atoms with Gasteiger partial charge in [-0.3, -0.25) is 9.69 Å². The van der Waals surface area contributed by atoms with Crippen molar-refractivity contribution in [1.29, 1.82) is 5.26 Å². The van der Waals surface area contributed by atoms with E-state index in [1.165, 1.54) is 29.2 Å². The number of rotatable bonds is 4. The summed E-state index contributed by atoms with van der Waals surface area (Å²) in [5.74, 6) is -0.605. The second kappa shape index (κ2) is 8.66. The van der Waals surface area contributed by atoms with Crippen molar-refractivity contribution in [2.75, 3.05) is 26.2 Å². The lowest BCUT2D eigenvalue weighted by molar-refractivity contribution is -0.143. The summed E-state index contributed by atoms with van der Waals surface area (Å²) in [6, 6.07) is 7.69. The Morgan fingerprint density at radius 1 is 1.17 bits per heavy atom. The predicted molar refractivity (Wildman–Crippen MR) is 105 cm³/mol. The number of amides is 1. The van der Waals surface area contributed by atoms with Crippen LogP contribution >= 0.6 is 11.6 Å². The van der Waals surface area contributed by atoms with E-state index in [2.05, 4.69) is 11.2 Å². The molecule has 1 aromatic carbocycles. The summed E-state index contributed by atoms with van der Waals surface area (Å²) in [6.07, 6.45) is -3.81. The summed E-state index contributed by atoms with van der Waals surface area (Å²) in [7, 11) is 0. The van der Waals surface area contributed by atoms with Gasteiger partial charge >= 0.3 is 6.18 Å². The van der Waals surface area contributed by atoms with Crippen molar-refractivity contribution in [3.05, 3.63) is 46.7 Å². The summed E-state index contributed by atoms with van der Waals surface area (Å²) in [4.78, 5) is 16.2. The molecule has 0 spiro atoms. The van der Waals surface area contributed by atoms with Crippen LogP contribution in [0.4, 0.5) is 13.2 Å². The molecule has 0 radical (unpaired) electrons. The highest BCUT2D eigenvalue weighted by molar-refractivity contribution is 6.30. The van der Waals surface area contributed by atoms with Crippen molar-refractivity contribution in [3.8, 4) is 11.8 Å². The fraction of sp³-hybridized carbons (Fsp3) is 0.450. The molecule has 1 saturated heterocycles. The van der Waals surface area contributed by atoms with Crippen LogP contribution in [0.1, 0.15) is 29.9 Å². The van der Waals surface area contributed by atoms with E-state index >= 15 is 0 Å². The molecule has 1 aliphatic heterocycles. The maximum absolute atomic E-state index is 13.8. The van der Waals surface area contributed by atoms with Gasteiger partial charge in [-0.05, 0) is 30.2 Å². The summed E-state index contributed by atoms with van der Waals surface area (Å²) in [5.41, 5.74) is -1.45. The van der Waals surface area contributed by atoms with Gasteiger partial charge in [-0.1, -0.05) is 25.4 Å². The largest absolute Gasteiger partial charge is 0.434 e. The van der Waals surface area contributed by atoms with Crippen LogP contribution in [0.25, 0.3) is 5.69 Å². The number of hydrogen-bond donors (Lipinski definition) is 0. The number of alkyl halides is 3. The first-order valence-electron chi connectivity index (χ1n) is 9.47. The van der Waals surface area contributed by atoms with E-state index in [9.17, 15) is 23.2 Å². The van der Waals surface area contributed by atoms with Crippen LogP contribution in [0.15, 0.2) is 30.5 Å².